The molecule has 0 aliphatic carbocycles. The maximum atomic E-state index is 12.1. The average Bonchev–Trinajstić information content (AvgIpc) is 2.46. The maximum absolute atomic E-state index is 12.1. The van der Waals surface area contributed by atoms with E-state index in [0.29, 0.717) is 5.56 Å². The summed E-state index contributed by atoms with van der Waals surface area (Å²) in [6, 6.07) is 13.6. The number of carbonyl (C=O) groups excluding carboxylic acids is 1. The summed E-state index contributed by atoms with van der Waals surface area (Å²) in [5, 5.41) is 4.83. The Bertz CT molecular complexity index is 560. The molecule has 0 fully saturated rings. The van der Waals surface area contributed by atoms with Crippen molar-refractivity contribution in [3.05, 3.63) is 48.0 Å². The van der Waals surface area contributed by atoms with E-state index >= 15 is 0 Å². The van der Waals surface area contributed by atoms with Crippen molar-refractivity contribution >= 4 is 16.7 Å². The summed E-state index contributed by atoms with van der Waals surface area (Å²) in [7, 11) is 0. The molecule has 2 rings (SSSR count). The molecule has 3 nitrogen and oxygen atoms in total. The number of ether oxygens (including phenoxy) is 1. The lowest BCUT2D eigenvalue weighted by Gasteiger charge is -2.12. The van der Waals surface area contributed by atoms with E-state index < -0.39 is 0 Å². The fraction of sp³-hybridized carbons (Fsp3) is 0.312. The van der Waals surface area contributed by atoms with Gasteiger partial charge in [-0.3, -0.25) is 4.79 Å². The summed E-state index contributed by atoms with van der Waals surface area (Å²) >= 11 is 0. The third-order valence-corrected chi connectivity index (χ3v) is 3.21. The molecule has 0 aliphatic rings. The van der Waals surface area contributed by atoms with Crippen LogP contribution in [0.5, 0.6) is 0 Å². The molecular weight excluding hydrogens is 238 g/mol. The number of rotatable bonds is 5. The van der Waals surface area contributed by atoms with Gasteiger partial charge in [0.15, 0.2) is 0 Å². The molecule has 19 heavy (non-hydrogen) atoms. The highest BCUT2D eigenvalue weighted by Gasteiger charge is 2.09. The molecule has 0 bridgehead atoms. The van der Waals surface area contributed by atoms with Gasteiger partial charge in [-0.15, -0.1) is 0 Å². The number of amides is 1. The average molecular weight is 257 g/mol. The largest absolute Gasteiger partial charge is 0.358 e. The Kier molecular flexibility index (Phi) is 4.53. The predicted molar refractivity (Wildman–Crippen MR) is 77.1 cm³/mol. The second-order valence-corrected chi connectivity index (χ2v) is 4.56. The highest BCUT2D eigenvalue weighted by Crippen LogP contribution is 2.18. The summed E-state index contributed by atoms with van der Waals surface area (Å²) in [6.45, 7) is 4.29. The van der Waals surface area contributed by atoms with Crippen LogP contribution in [0, 0.1) is 0 Å². The van der Waals surface area contributed by atoms with Crippen molar-refractivity contribution < 1.29 is 9.53 Å². The Labute approximate surface area is 113 Å². The van der Waals surface area contributed by atoms with Gasteiger partial charge in [0, 0.05) is 5.56 Å². The van der Waals surface area contributed by atoms with Crippen molar-refractivity contribution in [3.63, 3.8) is 0 Å². The molecule has 100 valence electrons. The van der Waals surface area contributed by atoms with Gasteiger partial charge < -0.3 is 10.1 Å². The van der Waals surface area contributed by atoms with Crippen molar-refractivity contribution in [3.8, 4) is 0 Å². The quantitative estimate of drug-likeness (QED) is 0.834. The lowest BCUT2D eigenvalue weighted by molar-refractivity contribution is 0.0458. The van der Waals surface area contributed by atoms with Gasteiger partial charge in [0.1, 0.15) is 6.73 Å². The molecular formula is C16H19NO2. The topological polar surface area (TPSA) is 38.3 Å². The first-order valence-electron chi connectivity index (χ1n) is 6.60. The number of fused-ring (bicyclic) bond motifs is 1. The maximum Gasteiger partial charge on any atom is 0.253 e. The first-order valence-corrected chi connectivity index (χ1v) is 6.60. The van der Waals surface area contributed by atoms with Gasteiger partial charge in [-0.25, -0.2) is 0 Å². The SMILES string of the molecule is CCC(C)OCNC(=O)c1cccc2ccccc12. The van der Waals surface area contributed by atoms with Crippen LogP contribution in [0.25, 0.3) is 10.8 Å². The normalized spacial score (nSPS) is 12.3. The molecule has 0 saturated carbocycles. The number of hydrogen-bond donors (Lipinski definition) is 1. The van der Waals surface area contributed by atoms with Gasteiger partial charge in [0.2, 0.25) is 0 Å². The molecule has 0 saturated heterocycles. The van der Waals surface area contributed by atoms with Gasteiger partial charge >= 0.3 is 0 Å². The summed E-state index contributed by atoms with van der Waals surface area (Å²) in [5.41, 5.74) is 0.686. The van der Waals surface area contributed by atoms with Crippen LogP contribution >= 0.6 is 0 Å². The molecule has 1 atom stereocenters. The van der Waals surface area contributed by atoms with E-state index in [1.54, 1.807) is 0 Å². The number of hydrogen-bond acceptors (Lipinski definition) is 2. The zero-order valence-corrected chi connectivity index (χ0v) is 11.3. The minimum absolute atomic E-state index is 0.0971. The fourth-order valence-electron chi connectivity index (χ4n) is 1.89. The second-order valence-electron chi connectivity index (χ2n) is 4.56. The van der Waals surface area contributed by atoms with Crippen molar-refractivity contribution in [2.45, 2.75) is 26.4 Å². The van der Waals surface area contributed by atoms with Crippen LogP contribution in [0.4, 0.5) is 0 Å². The monoisotopic (exact) mass is 257 g/mol. The lowest BCUT2D eigenvalue weighted by atomic mass is 10.0. The third kappa shape index (κ3) is 3.32. The molecule has 0 aromatic heterocycles. The third-order valence-electron chi connectivity index (χ3n) is 3.21. The van der Waals surface area contributed by atoms with Gasteiger partial charge in [0.25, 0.3) is 5.91 Å². The molecule has 1 unspecified atom stereocenters. The smallest absolute Gasteiger partial charge is 0.253 e. The molecule has 0 radical (unpaired) electrons. The highest BCUT2D eigenvalue weighted by atomic mass is 16.5. The molecule has 2 aromatic carbocycles. The minimum atomic E-state index is -0.0971. The second kappa shape index (κ2) is 6.34. The van der Waals surface area contributed by atoms with Gasteiger partial charge in [0.05, 0.1) is 6.10 Å². The van der Waals surface area contributed by atoms with Crippen LogP contribution in [0.2, 0.25) is 0 Å². The summed E-state index contributed by atoms with van der Waals surface area (Å²) < 4.78 is 5.46. The van der Waals surface area contributed by atoms with Crippen LogP contribution in [0.3, 0.4) is 0 Å². The van der Waals surface area contributed by atoms with E-state index in [4.69, 9.17) is 4.74 Å². The van der Waals surface area contributed by atoms with Gasteiger partial charge in [-0.2, -0.15) is 0 Å². The molecule has 0 aliphatic heterocycles. The molecule has 0 spiro atoms. The van der Waals surface area contributed by atoms with Gasteiger partial charge in [-0.05, 0) is 30.2 Å². The predicted octanol–water partition coefficient (Wildman–Crippen LogP) is 3.34. The standard InChI is InChI=1S/C16H19NO2/c1-3-12(2)19-11-17-16(18)15-10-6-8-13-7-4-5-9-14(13)15/h4-10,12H,3,11H2,1-2H3,(H,17,18). The number of nitrogens with one attached hydrogen (secondary N) is 1. The lowest BCUT2D eigenvalue weighted by Crippen LogP contribution is -2.28. The van der Waals surface area contributed by atoms with E-state index in [-0.39, 0.29) is 18.7 Å². The fourth-order valence-corrected chi connectivity index (χ4v) is 1.89. The van der Waals surface area contributed by atoms with E-state index in [0.717, 1.165) is 17.2 Å². The van der Waals surface area contributed by atoms with Crippen LogP contribution in [-0.4, -0.2) is 18.7 Å². The number of benzene rings is 2. The Hall–Kier alpha value is -1.87. The van der Waals surface area contributed by atoms with Crippen LogP contribution in [0.1, 0.15) is 30.6 Å². The minimum Gasteiger partial charge on any atom is -0.358 e. The van der Waals surface area contributed by atoms with E-state index in [2.05, 4.69) is 12.2 Å². The zero-order valence-electron chi connectivity index (χ0n) is 11.3. The molecule has 0 heterocycles. The molecule has 3 heteroatoms. The Morgan fingerprint density at radius 2 is 1.95 bits per heavy atom. The summed E-state index contributed by atoms with van der Waals surface area (Å²) in [6.07, 6.45) is 1.09. The number of carbonyl (C=O) groups is 1. The molecule has 1 N–H and O–H groups in total. The van der Waals surface area contributed by atoms with Crippen LogP contribution in [-0.2, 0) is 4.74 Å². The molecule has 1 amide bonds. The van der Waals surface area contributed by atoms with Crippen molar-refractivity contribution in [1.29, 1.82) is 0 Å². The van der Waals surface area contributed by atoms with Crippen molar-refractivity contribution in [2.24, 2.45) is 0 Å². The molecule has 2 aromatic rings. The highest BCUT2D eigenvalue weighted by molar-refractivity contribution is 6.06. The Morgan fingerprint density at radius 3 is 2.74 bits per heavy atom. The Morgan fingerprint density at radius 1 is 1.21 bits per heavy atom. The summed E-state index contributed by atoms with van der Waals surface area (Å²) in [5.74, 6) is -0.0971. The first-order chi connectivity index (χ1) is 9.22. The van der Waals surface area contributed by atoms with E-state index in [1.807, 2.05) is 49.4 Å². The first kappa shape index (κ1) is 13.6. The Balaban J connectivity index is 2.09. The van der Waals surface area contributed by atoms with E-state index in [1.165, 1.54) is 0 Å². The van der Waals surface area contributed by atoms with Crippen LogP contribution < -0.4 is 5.32 Å². The van der Waals surface area contributed by atoms with Crippen molar-refractivity contribution in [2.75, 3.05) is 6.73 Å². The van der Waals surface area contributed by atoms with Crippen LogP contribution in [0.15, 0.2) is 42.5 Å². The zero-order chi connectivity index (χ0) is 13.7. The van der Waals surface area contributed by atoms with Crippen molar-refractivity contribution in [1.82, 2.24) is 5.32 Å². The van der Waals surface area contributed by atoms with E-state index in [9.17, 15) is 4.79 Å². The van der Waals surface area contributed by atoms with Gasteiger partial charge in [-0.1, -0.05) is 43.3 Å². The summed E-state index contributed by atoms with van der Waals surface area (Å²) in [4.78, 5) is 12.1.